The normalized spacial score (nSPS) is 17.2. The third-order valence-electron chi connectivity index (χ3n) is 7.07. The average Bonchev–Trinajstić information content (AvgIpc) is 3.30. The van der Waals surface area contributed by atoms with E-state index in [4.69, 9.17) is 4.42 Å². The summed E-state index contributed by atoms with van der Waals surface area (Å²) in [5, 5.41) is 14.9. The number of benzene rings is 2. The number of hydrogen-bond acceptors (Lipinski definition) is 7. The Morgan fingerprint density at radius 3 is 2.46 bits per heavy atom. The van der Waals surface area contributed by atoms with Crippen molar-refractivity contribution in [3.8, 4) is 22.7 Å². The highest BCUT2D eigenvalue weighted by Gasteiger charge is 2.44. The molecule has 4 aromatic rings. The van der Waals surface area contributed by atoms with Gasteiger partial charge in [-0.1, -0.05) is 17.3 Å². The molecule has 0 atom stereocenters. The molecule has 3 heterocycles. The monoisotopic (exact) mass is 545 g/mol. The van der Waals surface area contributed by atoms with Crippen LogP contribution in [-0.4, -0.2) is 68.5 Å². The standard InChI is InChI=1S/C26H24F5N7O/c27-19-12-16(24-33-34-25(39-24)23(29)30)4-5-17(19)13-38-14-20(32-35-38)18-2-1-3-21(22(18)28)37-10-8-36(9-11-37)15-26(31)6-7-26/h1-5,12,14,23H,6-11,13,15H2. The molecule has 0 amide bonds. The first-order valence-electron chi connectivity index (χ1n) is 12.5. The van der Waals surface area contributed by atoms with Gasteiger partial charge in [0, 0.05) is 49.4 Å². The summed E-state index contributed by atoms with van der Waals surface area (Å²) in [6, 6.07) is 9.09. The molecule has 0 spiro atoms. The first-order valence-corrected chi connectivity index (χ1v) is 12.5. The summed E-state index contributed by atoms with van der Waals surface area (Å²) in [7, 11) is 0. The van der Waals surface area contributed by atoms with Crippen molar-refractivity contribution in [3.05, 3.63) is 65.7 Å². The Kier molecular flexibility index (Phi) is 6.53. The van der Waals surface area contributed by atoms with Crippen LogP contribution in [-0.2, 0) is 6.54 Å². The lowest BCUT2D eigenvalue weighted by Gasteiger charge is -2.37. The molecule has 1 aliphatic heterocycles. The molecule has 0 radical (unpaired) electrons. The van der Waals surface area contributed by atoms with E-state index in [1.54, 1.807) is 18.2 Å². The summed E-state index contributed by atoms with van der Waals surface area (Å²) in [4.78, 5) is 4.04. The molecular formula is C26H24F5N7O. The quantitative estimate of drug-likeness (QED) is 0.292. The molecule has 39 heavy (non-hydrogen) atoms. The largest absolute Gasteiger partial charge is 0.415 e. The van der Waals surface area contributed by atoms with Gasteiger partial charge in [0.25, 0.3) is 5.89 Å². The fourth-order valence-electron chi connectivity index (χ4n) is 4.72. The van der Waals surface area contributed by atoms with Gasteiger partial charge < -0.3 is 9.32 Å². The van der Waals surface area contributed by atoms with E-state index >= 15 is 4.39 Å². The van der Waals surface area contributed by atoms with E-state index in [1.807, 2.05) is 4.90 Å². The second-order valence-corrected chi connectivity index (χ2v) is 9.91. The summed E-state index contributed by atoms with van der Waals surface area (Å²) in [6.07, 6.45) is -0.161. The highest BCUT2D eigenvalue weighted by Crippen LogP contribution is 2.40. The third kappa shape index (κ3) is 5.35. The summed E-state index contributed by atoms with van der Waals surface area (Å²) in [5.41, 5.74) is 0.371. The van der Waals surface area contributed by atoms with E-state index in [9.17, 15) is 17.6 Å². The molecule has 1 aliphatic carbocycles. The number of piperazine rings is 1. The molecule has 2 aromatic carbocycles. The van der Waals surface area contributed by atoms with Crippen molar-refractivity contribution in [1.82, 2.24) is 30.1 Å². The van der Waals surface area contributed by atoms with Crippen LogP contribution < -0.4 is 4.90 Å². The Balaban J connectivity index is 1.14. The Labute approximate surface area is 220 Å². The molecule has 13 heteroatoms. The maximum atomic E-state index is 15.6. The Bertz CT molecular complexity index is 1480. The zero-order chi connectivity index (χ0) is 27.1. The second kappa shape index (κ2) is 10.0. The van der Waals surface area contributed by atoms with E-state index < -0.39 is 29.6 Å². The Hall–Kier alpha value is -3.87. The molecule has 0 bridgehead atoms. The maximum Gasteiger partial charge on any atom is 0.314 e. The molecule has 1 saturated heterocycles. The van der Waals surface area contributed by atoms with E-state index in [1.165, 1.54) is 23.0 Å². The molecule has 0 N–H and O–H groups in total. The van der Waals surface area contributed by atoms with Gasteiger partial charge in [0.2, 0.25) is 5.89 Å². The van der Waals surface area contributed by atoms with Crippen molar-refractivity contribution in [3.63, 3.8) is 0 Å². The molecule has 204 valence electrons. The van der Waals surface area contributed by atoms with Gasteiger partial charge in [-0.2, -0.15) is 8.78 Å². The molecule has 2 aliphatic rings. The molecule has 8 nitrogen and oxygen atoms in total. The number of rotatable bonds is 8. The van der Waals surface area contributed by atoms with Gasteiger partial charge in [-0.3, -0.25) is 4.90 Å². The van der Waals surface area contributed by atoms with Gasteiger partial charge in [0.1, 0.15) is 17.2 Å². The number of alkyl halides is 3. The molecule has 0 unspecified atom stereocenters. The fraction of sp³-hybridized carbons (Fsp3) is 0.385. The van der Waals surface area contributed by atoms with Crippen LogP contribution in [0.1, 0.15) is 30.7 Å². The van der Waals surface area contributed by atoms with Gasteiger partial charge in [-0.25, -0.2) is 17.9 Å². The van der Waals surface area contributed by atoms with Crippen LogP contribution >= 0.6 is 0 Å². The number of nitrogens with zero attached hydrogens (tertiary/aromatic N) is 7. The second-order valence-electron chi connectivity index (χ2n) is 9.91. The van der Waals surface area contributed by atoms with Crippen molar-refractivity contribution < 1.29 is 26.4 Å². The molecule has 2 fully saturated rings. The van der Waals surface area contributed by atoms with E-state index in [0.717, 1.165) is 6.07 Å². The van der Waals surface area contributed by atoms with Crippen LogP contribution in [0.4, 0.5) is 27.6 Å². The number of anilines is 1. The van der Waals surface area contributed by atoms with Gasteiger partial charge in [0.05, 0.1) is 18.4 Å². The first kappa shape index (κ1) is 25.4. The van der Waals surface area contributed by atoms with E-state index in [-0.39, 0.29) is 29.1 Å². The molecule has 1 saturated carbocycles. The number of halogens is 5. The molecular weight excluding hydrogens is 521 g/mol. The fourth-order valence-corrected chi connectivity index (χ4v) is 4.72. The van der Waals surface area contributed by atoms with Crippen LogP contribution in [0.5, 0.6) is 0 Å². The maximum absolute atomic E-state index is 15.6. The smallest absolute Gasteiger partial charge is 0.314 e. The zero-order valence-corrected chi connectivity index (χ0v) is 20.7. The highest BCUT2D eigenvalue weighted by molar-refractivity contribution is 5.66. The minimum Gasteiger partial charge on any atom is -0.415 e. The van der Waals surface area contributed by atoms with Crippen molar-refractivity contribution in [1.29, 1.82) is 0 Å². The summed E-state index contributed by atoms with van der Waals surface area (Å²) < 4.78 is 76.1. The Morgan fingerprint density at radius 2 is 1.77 bits per heavy atom. The zero-order valence-electron chi connectivity index (χ0n) is 20.7. The minimum absolute atomic E-state index is 0.00453. The summed E-state index contributed by atoms with van der Waals surface area (Å²) in [5.74, 6) is -2.12. The van der Waals surface area contributed by atoms with Crippen molar-refractivity contribution in [2.45, 2.75) is 31.5 Å². The van der Waals surface area contributed by atoms with Gasteiger partial charge in [-0.05, 0) is 37.1 Å². The SMILES string of the molecule is Fc1cc(-c2nnc(C(F)F)o2)ccc1Cn1cc(-c2cccc(N3CCN(CC4(F)CC4)CC3)c2F)nn1. The van der Waals surface area contributed by atoms with Crippen LogP contribution in [0.3, 0.4) is 0 Å². The first-order chi connectivity index (χ1) is 18.8. The van der Waals surface area contributed by atoms with Crippen LogP contribution in [0, 0.1) is 11.6 Å². The number of aromatic nitrogens is 5. The summed E-state index contributed by atoms with van der Waals surface area (Å²) >= 11 is 0. The predicted molar refractivity (Wildman–Crippen MR) is 131 cm³/mol. The Morgan fingerprint density at radius 1 is 0.974 bits per heavy atom. The lowest BCUT2D eigenvalue weighted by molar-refractivity contribution is 0.116. The highest BCUT2D eigenvalue weighted by atomic mass is 19.3. The van der Waals surface area contributed by atoms with Crippen molar-refractivity contribution >= 4 is 5.69 Å². The van der Waals surface area contributed by atoms with E-state index in [2.05, 4.69) is 25.4 Å². The topological polar surface area (TPSA) is 76.1 Å². The summed E-state index contributed by atoms with van der Waals surface area (Å²) in [6.45, 7) is 2.94. The van der Waals surface area contributed by atoms with Gasteiger partial charge in [-0.15, -0.1) is 15.3 Å². The number of hydrogen-bond donors (Lipinski definition) is 0. The molecule has 6 rings (SSSR count). The third-order valence-corrected chi connectivity index (χ3v) is 7.07. The van der Waals surface area contributed by atoms with Crippen LogP contribution in [0.25, 0.3) is 22.7 Å². The van der Waals surface area contributed by atoms with Gasteiger partial charge in [0.15, 0.2) is 5.82 Å². The lowest BCUT2D eigenvalue weighted by atomic mass is 10.1. The van der Waals surface area contributed by atoms with Crippen molar-refractivity contribution in [2.24, 2.45) is 0 Å². The average molecular weight is 546 g/mol. The van der Waals surface area contributed by atoms with E-state index in [0.29, 0.717) is 56.9 Å². The predicted octanol–water partition coefficient (Wildman–Crippen LogP) is 4.88. The van der Waals surface area contributed by atoms with Crippen molar-refractivity contribution in [2.75, 3.05) is 37.6 Å². The van der Waals surface area contributed by atoms with Gasteiger partial charge >= 0.3 is 6.43 Å². The van der Waals surface area contributed by atoms with Crippen LogP contribution in [0.15, 0.2) is 47.0 Å². The molecule has 2 aromatic heterocycles. The lowest BCUT2D eigenvalue weighted by Crippen LogP contribution is -2.48. The minimum atomic E-state index is -2.92. The van der Waals surface area contributed by atoms with Crippen LogP contribution in [0.2, 0.25) is 0 Å².